The van der Waals surface area contributed by atoms with Gasteiger partial charge in [-0.05, 0) is 61.8 Å². The molecule has 0 saturated heterocycles. The Balaban J connectivity index is 1.58. The second-order valence-corrected chi connectivity index (χ2v) is 11.1. The lowest BCUT2D eigenvalue weighted by Crippen LogP contribution is -2.45. The van der Waals surface area contributed by atoms with E-state index in [-0.39, 0.29) is 11.9 Å². The van der Waals surface area contributed by atoms with Crippen LogP contribution >= 0.6 is 22.9 Å². The molecule has 1 aromatic carbocycles. The second-order valence-electron chi connectivity index (χ2n) is 9.68. The van der Waals surface area contributed by atoms with E-state index in [9.17, 15) is 9.90 Å². The van der Waals surface area contributed by atoms with Crippen molar-refractivity contribution < 1.29 is 14.6 Å². The van der Waals surface area contributed by atoms with E-state index < -0.39 is 11.0 Å². The second kappa shape index (κ2) is 9.24. The third-order valence-corrected chi connectivity index (χ3v) is 8.08. The van der Waals surface area contributed by atoms with E-state index >= 15 is 0 Å². The van der Waals surface area contributed by atoms with Crippen LogP contribution in [0.3, 0.4) is 0 Å². The summed E-state index contributed by atoms with van der Waals surface area (Å²) in [6.45, 7) is 7.87. The number of thiazole rings is 1. The van der Waals surface area contributed by atoms with E-state index in [1.807, 2.05) is 39.8 Å². The minimum atomic E-state index is -1.07. The summed E-state index contributed by atoms with van der Waals surface area (Å²) < 4.78 is 4.98. The zero-order valence-electron chi connectivity index (χ0n) is 20.0. The Hall–Kier alpha value is -2.55. The summed E-state index contributed by atoms with van der Waals surface area (Å²) in [5.74, 6) is 0.0233. The van der Waals surface area contributed by atoms with Crippen LogP contribution in [0.4, 0.5) is 11.6 Å². The number of benzene rings is 1. The minimum Gasteiger partial charge on any atom is -0.469 e. The van der Waals surface area contributed by atoms with Gasteiger partial charge in [0.15, 0.2) is 0 Å². The van der Waals surface area contributed by atoms with Gasteiger partial charge in [0.1, 0.15) is 10.6 Å². The van der Waals surface area contributed by atoms with Gasteiger partial charge in [-0.25, -0.2) is 15.0 Å². The van der Waals surface area contributed by atoms with Gasteiger partial charge in [0, 0.05) is 11.9 Å². The maximum atomic E-state index is 12.2. The first-order valence-electron chi connectivity index (χ1n) is 11.2. The van der Waals surface area contributed by atoms with Gasteiger partial charge >= 0.3 is 5.97 Å². The summed E-state index contributed by atoms with van der Waals surface area (Å²) in [5.41, 5.74) is 2.14. The summed E-state index contributed by atoms with van der Waals surface area (Å²) in [7, 11) is 1.41. The highest BCUT2D eigenvalue weighted by molar-refractivity contribution is 7.15. The molecular weight excluding hydrogens is 472 g/mol. The fraction of sp³-hybridized carbons (Fsp3) is 0.440. The lowest BCUT2D eigenvalue weighted by Gasteiger charge is -2.44. The molecule has 34 heavy (non-hydrogen) atoms. The Bertz CT molecular complexity index is 1230. The van der Waals surface area contributed by atoms with Crippen molar-refractivity contribution in [3.63, 3.8) is 0 Å². The zero-order valence-corrected chi connectivity index (χ0v) is 21.5. The van der Waals surface area contributed by atoms with Crippen molar-refractivity contribution >= 4 is 40.5 Å². The molecular formula is C25H29ClN4O3S. The van der Waals surface area contributed by atoms with Crippen molar-refractivity contribution in [2.45, 2.75) is 52.6 Å². The van der Waals surface area contributed by atoms with Gasteiger partial charge < -0.3 is 15.2 Å². The predicted molar refractivity (Wildman–Crippen MR) is 134 cm³/mol. The van der Waals surface area contributed by atoms with E-state index in [1.54, 1.807) is 12.4 Å². The molecule has 2 aromatic heterocycles. The number of anilines is 2. The van der Waals surface area contributed by atoms with Crippen molar-refractivity contribution in [1.29, 1.82) is 0 Å². The average molecular weight is 501 g/mol. The Morgan fingerprint density at radius 1 is 1.24 bits per heavy atom. The van der Waals surface area contributed by atoms with E-state index in [0.29, 0.717) is 40.9 Å². The standard InChI is InChI=1S/C25H29ClN4O3S/c1-14-8-16(10-17(9-14)30-23-28-11-19(26)15(2)29-23)20-12-27-22(34-20)25(32)7-6-18(21(31)33-5)24(3,4)13-25/h8-12,18,32H,6-7,13H2,1-5H3,(H,28,29,30). The summed E-state index contributed by atoms with van der Waals surface area (Å²) in [5, 5.41) is 16.0. The Morgan fingerprint density at radius 2 is 2.00 bits per heavy atom. The number of carbonyl (C=O) groups excluding carboxylic acids is 1. The molecule has 1 saturated carbocycles. The van der Waals surface area contributed by atoms with Crippen LogP contribution in [0.1, 0.15) is 49.4 Å². The predicted octanol–water partition coefficient (Wildman–Crippen LogP) is 5.80. The normalized spacial score (nSPS) is 21.8. The number of aryl methyl sites for hydroxylation is 2. The van der Waals surface area contributed by atoms with Crippen molar-refractivity contribution in [2.75, 3.05) is 12.4 Å². The number of rotatable bonds is 5. The first-order chi connectivity index (χ1) is 16.0. The SMILES string of the molecule is COC(=O)C1CCC(O)(c2ncc(-c3cc(C)cc(Nc4ncc(Cl)c(C)n4)c3)s2)CC1(C)C. The van der Waals surface area contributed by atoms with Gasteiger partial charge in [0.05, 0.1) is 34.8 Å². The van der Waals surface area contributed by atoms with Crippen LogP contribution in [0.25, 0.3) is 10.4 Å². The van der Waals surface area contributed by atoms with Gasteiger partial charge in [-0.3, -0.25) is 4.79 Å². The number of carbonyl (C=O) groups is 1. The molecule has 0 spiro atoms. The number of methoxy groups -OCH3 is 1. The van der Waals surface area contributed by atoms with Crippen molar-refractivity contribution in [1.82, 2.24) is 15.0 Å². The van der Waals surface area contributed by atoms with Crippen LogP contribution in [-0.4, -0.2) is 33.1 Å². The Morgan fingerprint density at radius 3 is 2.68 bits per heavy atom. The maximum Gasteiger partial charge on any atom is 0.309 e. The fourth-order valence-corrected chi connectivity index (χ4v) is 5.87. The Kier molecular flexibility index (Phi) is 6.68. The third-order valence-electron chi connectivity index (χ3n) is 6.46. The Labute approximate surface area is 208 Å². The van der Waals surface area contributed by atoms with Crippen LogP contribution in [0.15, 0.2) is 30.6 Å². The highest BCUT2D eigenvalue weighted by atomic mass is 35.5. The largest absolute Gasteiger partial charge is 0.469 e. The maximum absolute atomic E-state index is 12.2. The molecule has 0 amide bonds. The molecule has 2 atom stereocenters. The zero-order chi connectivity index (χ0) is 24.7. The van der Waals surface area contributed by atoms with Crippen LogP contribution < -0.4 is 5.32 Å². The highest BCUT2D eigenvalue weighted by Crippen LogP contribution is 2.51. The number of ether oxygens (including phenoxy) is 1. The molecule has 1 aliphatic carbocycles. The third kappa shape index (κ3) is 4.94. The summed E-state index contributed by atoms with van der Waals surface area (Å²) in [6, 6.07) is 6.11. The van der Waals surface area contributed by atoms with Crippen molar-refractivity contribution in [3.05, 3.63) is 51.9 Å². The minimum absolute atomic E-state index is 0.216. The molecule has 2 heterocycles. The van der Waals surface area contributed by atoms with E-state index in [2.05, 4.69) is 26.3 Å². The summed E-state index contributed by atoms with van der Waals surface area (Å²) in [4.78, 5) is 26.4. The molecule has 0 radical (unpaired) electrons. The highest BCUT2D eigenvalue weighted by Gasteiger charge is 2.49. The van der Waals surface area contributed by atoms with Crippen LogP contribution in [0, 0.1) is 25.2 Å². The van der Waals surface area contributed by atoms with Crippen molar-refractivity contribution in [2.24, 2.45) is 11.3 Å². The monoisotopic (exact) mass is 500 g/mol. The molecule has 4 rings (SSSR count). The van der Waals surface area contributed by atoms with E-state index in [0.717, 1.165) is 21.7 Å². The van der Waals surface area contributed by atoms with Crippen LogP contribution in [0.2, 0.25) is 5.02 Å². The lowest BCUT2D eigenvalue weighted by atomic mass is 9.63. The number of aromatic nitrogens is 3. The first-order valence-corrected chi connectivity index (χ1v) is 12.3. The molecule has 7 nitrogen and oxygen atoms in total. The van der Waals surface area contributed by atoms with Gasteiger partial charge in [0.2, 0.25) is 5.95 Å². The average Bonchev–Trinajstić information content (AvgIpc) is 3.26. The molecule has 0 aliphatic heterocycles. The number of esters is 1. The number of aliphatic hydroxyl groups is 1. The molecule has 1 fully saturated rings. The number of hydrogen-bond donors (Lipinski definition) is 2. The summed E-state index contributed by atoms with van der Waals surface area (Å²) in [6.07, 6.45) is 4.86. The lowest BCUT2D eigenvalue weighted by molar-refractivity contribution is -0.157. The van der Waals surface area contributed by atoms with Gasteiger partial charge in [-0.1, -0.05) is 31.5 Å². The number of hydrogen-bond acceptors (Lipinski definition) is 8. The number of halogens is 1. The molecule has 2 N–H and O–H groups in total. The molecule has 1 aliphatic rings. The molecule has 0 bridgehead atoms. The topological polar surface area (TPSA) is 97.2 Å². The fourth-order valence-electron chi connectivity index (χ4n) is 4.76. The molecule has 3 aromatic rings. The van der Waals surface area contributed by atoms with Gasteiger partial charge in [-0.15, -0.1) is 11.3 Å². The first kappa shape index (κ1) is 24.6. The van der Waals surface area contributed by atoms with Gasteiger partial charge in [-0.2, -0.15) is 0 Å². The smallest absolute Gasteiger partial charge is 0.309 e. The van der Waals surface area contributed by atoms with Crippen LogP contribution in [-0.2, 0) is 15.1 Å². The van der Waals surface area contributed by atoms with E-state index in [1.165, 1.54) is 18.4 Å². The summed E-state index contributed by atoms with van der Waals surface area (Å²) >= 11 is 7.52. The molecule has 180 valence electrons. The molecule has 9 heteroatoms. The quantitative estimate of drug-likeness (QED) is 0.427. The van der Waals surface area contributed by atoms with E-state index in [4.69, 9.17) is 16.3 Å². The van der Waals surface area contributed by atoms with Crippen molar-refractivity contribution in [3.8, 4) is 10.4 Å². The molecule has 2 unspecified atom stereocenters. The number of nitrogens with zero attached hydrogens (tertiary/aromatic N) is 3. The van der Waals surface area contributed by atoms with Gasteiger partial charge in [0.25, 0.3) is 0 Å². The van der Waals surface area contributed by atoms with Crippen LogP contribution in [0.5, 0.6) is 0 Å². The number of nitrogens with one attached hydrogen (secondary N) is 1.